The van der Waals surface area contributed by atoms with E-state index >= 15 is 0 Å². The van der Waals surface area contributed by atoms with Gasteiger partial charge in [-0.2, -0.15) is 0 Å². The van der Waals surface area contributed by atoms with Crippen LogP contribution in [0.2, 0.25) is 0 Å². The van der Waals surface area contributed by atoms with Crippen LogP contribution in [0.4, 0.5) is 5.82 Å². The Morgan fingerprint density at radius 2 is 2.19 bits per heavy atom. The number of hydrogen-bond acceptors (Lipinski definition) is 4. The fourth-order valence-electron chi connectivity index (χ4n) is 1.47. The molecule has 1 unspecified atom stereocenters. The summed E-state index contributed by atoms with van der Waals surface area (Å²) in [5.74, 6) is 0.933. The zero-order chi connectivity index (χ0) is 11.5. The molecule has 0 aliphatic rings. The second-order valence-electron chi connectivity index (χ2n) is 3.86. The molecule has 0 spiro atoms. The number of aromatic nitrogens is 2. The highest BCUT2D eigenvalue weighted by Crippen LogP contribution is 2.22. The lowest BCUT2D eigenvalue weighted by Gasteiger charge is -2.13. The number of hydrogen-bond donors (Lipinski definition) is 1. The Hall–Kier alpha value is -1.42. The van der Waals surface area contributed by atoms with Gasteiger partial charge in [-0.15, -0.1) is 11.3 Å². The van der Waals surface area contributed by atoms with Crippen molar-refractivity contribution in [2.45, 2.75) is 26.8 Å². The van der Waals surface area contributed by atoms with Crippen molar-refractivity contribution >= 4 is 17.2 Å². The van der Waals surface area contributed by atoms with Gasteiger partial charge in [-0.1, -0.05) is 6.07 Å². The quantitative estimate of drug-likeness (QED) is 0.883. The molecule has 0 fully saturated rings. The van der Waals surface area contributed by atoms with Gasteiger partial charge in [0.15, 0.2) is 0 Å². The van der Waals surface area contributed by atoms with Gasteiger partial charge in [0.25, 0.3) is 0 Å². The van der Waals surface area contributed by atoms with E-state index in [9.17, 15) is 0 Å². The summed E-state index contributed by atoms with van der Waals surface area (Å²) in [5, 5.41) is 6.54. The summed E-state index contributed by atoms with van der Waals surface area (Å²) in [7, 11) is 0. The van der Waals surface area contributed by atoms with Crippen LogP contribution < -0.4 is 5.32 Å². The number of aryl methyl sites for hydroxylation is 2. The molecule has 0 aliphatic heterocycles. The summed E-state index contributed by atoms with van der Waals surface area (Å²) in [4.78, 5) is 8.78. The Labute approximate surface area is 99.6 Å². The van der Waals surface area contributed by atoms with Gasteiger partial charge in [-0.05, 0) is 32.4 Å². The average Bonchev–Trinajstić information content (AvgIpc) is 2.68. The van der Waals surface area contributed by atoms with Gasteiger partial charge < -0.3 is 5.32 Å². The summed E-state index contributed by atoms with van der Waals surface area (Å²) in [6.07, 6.45) is 1.80. The number of rotatable bonds is 3. The zero-order valence-electron chi connectivity index (χ0n) is 9.69. The van der Waals surface area contributed by atoms with E-state index in [-0.39, 0.29) is 6.04 Å². The van der Waals surface area contributed by atoms with Crippen LogP contribution in [0.5, 0.6) is 0 Å². The van der Waals surface area contributed by atoms with Crippen molar-refractivity contribution in [3.05, 3.63) is 40.0 Å². The number of thiazole rings is 1. The topological polar surface area (TPSA) is 37.8 Å². The molecular formula is C12H15N3S. The van der Waals surface area contributed by atoms with Crippen LogP contribution >= 0.6 is 11.3 Å². The highest BCUT2D eigenvalue weighted by Gasteiger charge is 2.10. The van der Waals surface area contributed by atoms with Gasteiger partial charge in [0.1, 0.15) is 10.8 Å². The largest absolute Gasteiger partial charge is 0.361 e. The van der Waals surface area contributed by atoms with Crippen LogP contribution in [0.25, 0.3) is 0 Å². The molecule has 1 atom stereocenters. The van der Waals surface area contributed by atoms with Crippen molar-refractivity contribution in [1.29, 1.82) is 0 Å². The number of pyridine rings is 1. The molecule has 2 rings (SSSR count). The van der Waals surface area contributed by atoms with E-state index < -0.39 is 0 Å². The minimum atomic E-state index is 0.201. The van der Waals surface area contributed by atoms with E-state index in [2.05, 4.69) is 40.6 Å². The van der Waals surface area contributed by atoms with Crippen LogP contribution in [0.15, 0.2) is 23.7 Å². The highest BCUT2D eigenvalue weighted by atomic mass is 32.1. The molecule has 2 aromatic rings. The maximum atomic E-state index is 4.46. The van der Waals surface area contributed by atoms with Crippen molar-refractivity contribution in [2.24, 2.45) is 0 Å². The van der Waals surface area contributed by atoms with Gasteiger partial charge in [0.2, 0.25) is 0 Å². The molecular weight excluding hydrogens is 218 g/mol. The molecule has 0 bridgehead atoms. The maximum Gasteiger partial charge on any atom is 0.129 e. The minimum Gasteiger partial charge on any atom is -0.361 e. The lowest BCUT2D eigenvalue weighted by molar-refractivity contribution is 0.853. The van der Waals surface area contributed by atoms with Gasteiger partial charge in [0.05, 0.1) is 6.04 Å². The summed E-state index contributed by atoms with van der Waals surface area (Å²) < 4.78 is 0. The highest BCUT2D eigenvalue weighted by molar-refractivity contribution is 7.09. The smallest absolute Gasteiger partial charge is 0.129 e. The van der Waals surface area contributed by atoms with Crippen LogP contribution in [0.3, 0.4) is 0 Å². The molecule has 0 saturated heterocycles. The Balaban J connectivity index is 2.13. The van der Waals surface area contributed by atoms with E-state index in [1.807, 2.05) is 13.0 Å². The summed E-state index contributed by atoms with van der Waals surface area (Å²) in [6, 6.07) is 4.20. The third kappa shape index (κ3) is 2.39. The lowest BCUT2D eigenvalue weighted by Crippen LogP contribution is -2.08. The molecule has 0 aromatic carbocycles. The standard InChI is InChI=1S/C12H15N3S/c1-8-5-4-6-13-11(8)15-10(3)12-14-9(2)7-16-12/h4-7,10H,1-3H3,(H,13,15). The summed E-state index contributed by atoms with van der Waals surface area (Å²) >= 11 is 1.68. The van der Waals surface area contributed by atoms with Gasteiger partial charge in [0, 0.05) is 17.3 Å². The van der Waals surface area contributed by atoms with Gasteiger partial charge in [-0.3, -0.25) is 0 Å². The minimum absolute atomic E-state index is 0.201. The second kappa shape index (κ2) is 4.61. The zero-order valence-corrected chi connectivity index (χ0v) is 10.5. The lowest BCUT2D eigenvalue weighted by atomic mass is 10.2. The van der Waals surface area contributed by atoms with Gasteiger partial charge in [-0.25, -0.2) is 9.97 Å². The molecule has 0 amide bonds. The third-order valence-electron chi connectivity index (χ3n) is 2.37. The van der Waals surface area contributed by atoms with E-state index in [0.717, 1.165) is 22.1 Å². The van der Waals surface area contributed by atoms with Crippen LogP contribution in [0.1, 0.15) is 29.2 Å². The predicted octanol–water partition coefficient (Wildman–Crippen LogP) is 3.33. The Morgan fingerprint density at radius 3 is 2.81 bits per heavy atom. The fourth-order valence-corrected chi connectivity index (χ4v) is 2.28. The van der Waals surface area contributed by atoms with Crippen molar-refractivity contribution in [3.8, 4) is 0 Å². The number of nitrogens with zero attached hydrogens (tertiary/aromatic N) is 2. The first-order valence-corrected chi connectivity index (χ1v) is 6.15. The normalized spacial score (nSPS) is 12.4. The van der Waals surface area contributed by atoms with Crippen LogP contribution in [0, 0.1) is 13.8 Å². The van der Waals surface area contributed by atoms with Crippen molar-refractivity contribution in [3.63, 3.8) is 0 Å². The first-order valence-electron chi connectivity index (χ1n) is 5.27. The number of nitrogens with one attached hydrogen (secondary N) is 1. The van der Waals surface area contributed by atoms with E-state index in [1.165, 1.54) is 0 Å². The third-order valence-corrected chi connectivity index (χ3v) is 3.52. The van der Waals surface area contributed by atoms with Crippen molar-refractivity contribution in [1.82, 2.24) is 9.97 Å². The molecule has 4 heteroatoms. The first-order chi connectivity index (χ1) is 7.66. The molecule has 2 heterocycles. The molecule has 1 N–H and O–H groups in total. The fraction of sp³-hybridized carbons (Fsp3) is 0.333. The Morgan fingerprint density at radius 1 is 1.38 bits per heavy atom. The van der Waals surface area contributed by atoms with E-state index in [1.54, 1.807) is 17.5 Å². The summed E-state index contributed by atoms with van der Waals surface area (Å²) in [6.45, 7) is 6.17. The van der Waals surface area contributed by atoms with Crippen molar-refractivity contribution < 1.29 is 0 Å². The number of anilines is 1. The molecule has 0 saturated carbocycles. The van der Waals surface area contributed by atoms with Crippen LogP contribution in [-0.4, -0.2) is 9.97 Å². The Bertz CT molecular complexity index is 479. The SMILES string of the molecule is Cc1csc(C(C)Nc2ncccc2C)n1. The van der Waals surface area contributed by atoms with Crippen molar-refractivity contribution in [2.75, 3.05) is 5.32 Å². The average molecular weight is 233 g/mol. The van der Waals surface area contributed by atoms with Gasteiger partial charge >= 0.3 is 0 Å². The molecule has 0 radical (unpaired) electrons. The molecule has 84 valence electrons. The molecule has 16 heavy (non-hydrogen) atoms. The first kappa shape index (κ1) is 11.1. The second-order valence-corrected chi connectivity index (χ2v) is 4.75. The maximum absolute atomic E-state index is 4.46. The van der Waals surface area contributed by atoms with Crippen LogP contribution in [-0.2, 0) is 0 Å². The Kier molecular flexibility index (Phi) is 3.19. The molecule has 2 aromatic heterocycles. The predicted molar refractivity (Wildman–Crippen MR) is 67.9 cm³/mol. The van der Waals surface area contributed by atoms with E-state index in [4.69, 9.17) is 0 Å². The summed E-state index contributed by atoms with van der Waals surface area (Å²) in [5.41, 5.74) is 2.23. The molecule has 0 aliphatic carbocycles. The monoisotopic (exact) mass is 233 g/mol. The molecule has 3 nitrogen and oxygen atoms in total. The van der Waals surface area contributed by atoms with E-state index in [0.29, 0.717) is 0 Å².